The monoisotopic (exact) mass is 389 g/mol. The standard InChI is InChI=1S/C17H13BrClN3O/c1-11-16(10-20-14-4-2-3-12(18)9-14)17(23)22(21-11)15-7-5-13(19)6-8-15/h2-10,21H,1H3. The quantitative estimate of drug-likeness (QED) is 0.651. The van der Waals surface area contributed by atoms with Gasteiger partial charge in [-0.05, 0) is 49.4 Å². The number of H-pyrrole nitrogens is 1. The topological polar surface area (TPSA) is 50.1 Å². The van der Waals surface area contributed by atoms with Crippen LogP contribution in [0.5, 0.6) is 0 Å². The molecular weight excluding hydrogens is 378 g/mol. The summed E-state index contributed by atoms with van der Waals surface area (Å²) in [6.45, 7) is 1.84. The molecule has 4 nitrogen and oxygen atoms in total. The fourth-order valence-corrected chi connectivity index (χ4v) is 2.69. The van der Waals surface area contributed by atoms with Crippen LogP contribution in [0.2, 0.25) is 5.02 Å². The third-order valence-electron chi connectivity index (χ3n) is 3.35. The van der Waals surface area contributed by atoms with Crippen LogP contribution in [0.4, 0.5) is 5.69 Å². The second-order valence-electron chi connectivity index (χ2n) is 5.01. The molecule has 0 bridgehead atoms. The van der Waals surface area contributed by atoms with Crippen molar-refractivity contribution in [1.29, 1.82) is 0 Å². The van der Waals surface area contributed by atoms with E-state index in [-0.39, 0.29) is 5.56 Å². The first-order valence-corrected chi connectivity index (χ1v) is 8.09. The van der Waals surface area contributed by atoms with Crippen LogP contribution in [0, 0.1) is 6.92 Å². The Morgan fingerprint density at radius 1 is 1.22 bits per heavy atom. The van der Waals surface area contributed by atoms with E-state index in [0.717, 1.165) is 21.5 Å². The highest BCUT2D eigenvalue weighted by molar-refractivity contribution is 9.10. The van der Waals surface area contributed by atoms with Crippen molar-refractivity contribution in [3.05, 3.63) is 79.6 Å². The Morgan fingerprint density at radius 2 is 1.96 bits per heavy atom. The van der Waals surface area contributed by atoms with E-state index in [1.165, 1.54) is 4.68 Å². The third-order valence-corrected chi connectivity index (χ3v) is 4.10. The highest BCUT2D eigenvalue weighted by Gasteiger charge is 2.10. The van der Waals surface area contributed by atoms with Gasteiger partial charge in [0.15, 0.2) is 0 Å². The Bertz CT molecular complexity index is 926. The van der Waals surface area contributed by atoms with Gasteiger partial charge in [0, 0.05) is 21.4 Å². The summed E-state index contributed by atoms with van der Waals surface area (Å²) in [7, 11) is 0. The zero-order valence-corrected chi connectivity index (χ0v) is 14.6. The molecule has 23 heavy (non-hydrogen) atoms. The van der Waals surface area contributed by atoms with Crippen molar-refractivity contribution in [2.24, 2.45) is 4.99 Å². The molecule has 0 amide bonds. The van der Waals surface area contributed by atoms with Crippen molar-refractivity contribution in [3.63, 3.8) is 0 Å². The zero-order chi connectivity index (χ0) is 16.4. The maximum absolute atomic E-state index is 12.6. The maximum atomic E-state index is 12.6. The van der Waals surface area contributed by atoms with Gasteiger partial charge in [0.05, 0.1) is 16.9 Å². The molecule has 1 aromatic heterocycles. The van der Waals surface area contributed by atoms with Crippen LogP contribution in [0.1, 0.15) is 11.3 Å². The molecule has 0 atom stereocenters. The lowest BCUT2D eigenvalue weighted by Crippen LogP contribution is -2.17. The Hall–Kier alpha value is -2.11. The highest BCUT2D eigenvalue weighted by Crippen LogP contribution is 2.18. The van der Waals surface area contributed by atoms with Gasteiger partial charge in [-0.1, -0.05) is 33.6 Å². The normalized spacial score (nSPS) is 11.3. The number of hydrogen-bond donors (Lipinski definition) is 1. The van der Waals surface area contributed by atoms with Crippen molar-refractivity contribution in [2.75, 3.05) is 0 Å². The summed E-state index contributed by atoms with van der Waals surface area (Å²) in [6, 6.07) is 14.6. The lowest BCUT2D eigenvalue weighted by molar-refractivity contribution is 0.835. The van der Waals surface area contributed by atoms with Crippen LogP contribution in [-0.4, -0.2) is 16.0 Å². The smallest absolute Gasteiger partial charge is 0.280 e. The Kier molecular flexibility index (Phi) is 4.50. The van der Waals surface area contributed by atoms with Crippen LogP contribution in [0.3, 0.4) is 0 Å². The van der Waals surface area contributed by atoms with Crippen LogP contribution in [0.25, 0.3) is 5.69 Å². The van der Waals surface area contributed by atoms with Gasteiger partial charge in [-0.3, -0.25) is 14.9 Å². The highest BCUT2D eigenvalue weighted by atomic mass is 79.9. The number of hydrogen-bond acceptors (Lipinski definition) is 2. The number of benzene rings is 2. The van der Waals surface area contributed by atoms with Crippen molar-refractivity contribution in [2.45, 2.75) is 6.92 Å². The molecule has 3 aromatic rings. The fraction of sp³-hybridized carbons (Fsp3) is 0.0588. The molecule has 1 N–H and O–H groups in total. The summed E-state index contributed by atoms with van der Waals surface area (Å²) in [5, 5.41) is 3.68. The first-order chi connectivity index (χ1) is 11.0. The molecule has 116 valence electrons. The second kappa shape index (κ2) is 6.56. The van der Waals surface area contributed by atoms with Crippen molar-refractivity contribution >= 4 is 39.4 Å². The molecule has 1 heterocycles. The van der Waals surface area contributed by atoms with E-state index >= 15 is 0 Å². The minimum absolute atomic E-state index is 0.149. The van der Waals surface area contributed by atoms with E-state index in [1.807, 2.05) is 31.2 Å². The molecule has 0 unspecified atom stereocenters. The Labute approximate surface area is 146 Å². The van der Waals surface area contributed by atoms with Gasteiger partial charge >= 0.3 is 0 Å². The number of rotatable bonds is 3. The second-order valence-corrected chi connectivity index (χ2v) is 6.36. The molecule has 6 heteroatoms. The first-order valence-electron chi connectivity index (χ1n) is 6.92. The molecule has 0 spiro atoms. The fourth-order valence-electron chi connectivity index (χ4n) is 2.18. The zero-order valence-electron chi connectivity index (χ0n) is 12.3. The predicted octanol–water partition coefficient (Wildman–Crippen LogP) is 4.64. The van der Waals surface area contributed by atoms with Gasteiger partial charge in [0.2, 0.25) is 0 Å². The lowest BCUT2D eigenvalue weighted by atomic mass is 10.2. The molecule has 2 aromatic carbocycles. The maximum Gasteiger partial charge on any atom is 0.280 e. The van der Waals surface area contributed by atoms with E-state index in [0.29, 0.717) is 10.6 Å². The average Bonchev–Trinajstić information content (AvgIpc) is 2.81. The van der Waals surface area contributed by atoms with Crippen molar-refractivity contribution in [3.8, 4) is 5.69 Å². The largest absolute Gasteiger partial charge is 0.295 e. The minimum atomic E-state index is -0.149. The summed E-state index contributed by atoms with van der Waals surface area (Å²) in [5.74, 6) is 0. The predicted molar refractivity (Wildman–Crippen MR) is 97.5 cm³/mol. The van der Waals surface area contributed by atoms with Crippen molar-refractivity contribution < 1.29 is 0 Å². The number of halogens is 2. The molecular formula is C17H13BrClN3O. The SMILES string of the molecule is Cc1[nH]n(-c2ccc(Cl)cc2)c(=O)c1C=Nc1cccc(Br)c1. The van der Waals surface area contributed by atoms with Gasteiger partial charge in [0.25, 0.3) is 5.56 Å². The van der Waals surface area contributed by atoms with E-state index in [2.05, 4.69) is 26.0 Å². The van der Waals surface area contributed by atoms with E-state index in [9.17, 15) is 4.79 Å². The number of aryl methyl sites for hydroxylation is 1. The van der Waals surface area contributed by atoms with E-state index < -0.39 is 0 Å². The number of nitrogens with zero attached hydrogens (tertiary/aromatic N) is 2. The summed E-state index contributed by atoms with van der Waals surface area (Å²) < 4.78 is 2.42. The van der Waals surface area contributed by atoms with Crippen molar-refractivity contribution in [1.82, 2.24) is 9.78 Å². The molecule has 0 aliphatic heterocycles. The Balaban J connectivity index is 1.98. The molecule has 0 aliphatic rings. The van der Waals surface area contributed by atoms with Crippen LogP contribution < -0.4 is 5.56 Å². The van der Waals surface area contributed by atoms with Gasteiger partial charge < -0.3 is 0 Å². The number of aromatic amines is 1. The molecule has 0 saturated heterocycles. The van der Waals surface area contributed by atoms with E-state index in [4.69, 9.17) is 11.6 Å². The van der Waals surface area contributed by atoms with Crippen LogP contribution in [-0.2, 0) is 0 Å². The summed E-state index contributed by atoms with van der Waals surface area (Å²) in [6.07, 6.45) is 1.59. The summed E-state index contributed by atoms with van der Waals surface area (Å²) >= 11 is 9.28. The molecule has 3 rings (SSSR count). The lowest BCUT2D eigenvalue weighted by Gasteiger charge is -2.00. The van der Waals surface area contributed by atoms with Gasteiger partial charge in [-0.15, -0.1) is 0 Å². The number of nitrogens with one attached hydrogen (secondary N) is 1. The molecule has 0 radical (unpaired) electrons. The number of aliphatic imine (C=N–C) groups is 1. The van der Waals surface area contributed by atoms with Gasteiger partial charge in [-0.25, -0.2) is 4.68 Å². The third kappa shape index (κ3) is 3.46. The summed E-state index contributed by atoms with van der Waals surface area (Å²) in [5.41, 5.74) is 2.63. The molecule has 0 aliphatic carbocycles. The molecule has 0 saturated carbocycles. The van der Waals surface area contributed by atoms with Gasteiger partial charge in [0.1, 0.15) is 0 Å². The first kappa shape index (κ1) is 15.8. The summed E-state index contributed by atoms with van der Waals surface area (Å²) in [4.78, 5) is 16.9. The van der Waals surface area contributed by atoms with Gasteiger partial charge in [-0.2, -0.15) is 0 Å². The minimum Gasteiger partial charge on any atom is -0.295 e. The number of aromatic nitrogens is 2. The van der Waals surface area contributed by atoms with E-state index in [1.54, 1.807) is 30.5 Å². The van der Waals surface area contributed by atoms with Crippen LogP contribution in [0.15, 0.2) is 62.8 Å². The molecule has 0 fully saturated rings. The average molecular weight is 391 g/mol. The van der Waals surface area contributed by atoms with Crippen LogP contribution >= 0.6 is 27.5 Å². The Morgan fingerprint density at radius 3 is 2.65 bits per heavy atom.